The average molecular weight is 504 g/mol. The third kappa shape index (κ3) is 4.59. The summed E-state index contributed by atoms with van der Waals surface area (Å²) >= 11 is 0. The quantitative estimate of drug-likeness (QED) is 0.473. The van der Waals surface area contributed by atoms with Gasteiger partial charge in [-0.1, -0.05) is 5.16 Å². The van der Waals surface area contributed by atoms with Gasteiger partial charge in [-0.25, -0.2) is 22.8 Å². The van der Waals surface area contributed by atoms with Crippen molar-refractivity contribution in [1.29, 1.82) is 0 Å². The molecule has 0 amide bonds. The molecule has 2 fully saturated rings. The van der Waals surface area contributed by atoms with E-state index in [0.717, 1.165) is 43.8 Å². The molecule has 186 valence electrons. The second-order valence-electron chi connectivity index (χ2n) is 9.04. The SMILES string of the molecule is COCc1noc(C2CC3CCC(C2)N3c2ncnc(Oc3ccc(S(C)(=O)=O)cc3F)c2C)n1. The molecule has 2 aliphatic rings. The smallest absolute Gasteiger partial charge is 0.230 e. The predicted molar refractivity (Wildman–Crippen MR) is 123 cm³/mol. The second-order valence-corrected chi connectivity index (χ2v) is 11.1. The summed E-state index contributed by atoms with van der Waals surface area (Å²) in [4.78, 5) is 15.4. The van der Waals surface area contributed by atoms with E-state index in [1.165, 1.54) is 18.5 Å². The molecule has 4 heterocycles. The van der Waals surface area contributed by atoms with Crippen molar-refractivity contribution in [1.82, 2.24) is 20.1 Å². The van der Waals surface area contributed by atoms with Gasteiger partial charge in [0.25, 0.3) is 0 Å². The van der Waals surface area contributed by atoms with E-state index < -0.39 is 15.7 Å². The summed E-state index contributed by atoms with van der Waals surface area (Å²) in [6, 6.07) is 4.03. The first-order valence-electron chi connectivity index (χ1n) is 11.3. The summed E-state index contributed by atoms with van der Waals surface area (Å²) in [6.45, 7) is 2.16. The molecule has 0 spiro atoms. The number of aromatic nitrogens is 4. The van der Waals surface area contributed by atoms with Gasteiger partial charge in [-0.15, -0.1) is 0 Å². The maximum absolute atomic E-state index is 14.6. The molecule has 10 nitrogen and oxygen atoms in total. The zero-order chi connectivity index (χ0) is 24.7. The van der Waals surface area contributed by atoms with Crippen molar-refractivity contribution >= 4 is 15.7 Å². The van der Waals surface area contributed by atoms with Crippen LogP contribution in [0.2, 0.25) is 0 Å². The number of nitrogens with zero attached hydrogens (tertiary/aromatic N) is 5. The summed E-state index contributed by atoms with van der Waals surface area (Å²) in [7, 11) is -1.93. The Morgan fingerprint density at radius 1 is 1.20 bits per heavy atom. The molecule has 2 aliphatic heterocycles. The average Bonchev–Trinajstić information content (AvgIpc) is 3.37. The zero-order valence-electron chi connectivity index (χ0n) is 19.6. The molecule has 2 unspecified atom stereocenters. The first kappa shape index (κ1) is 23.6. The van der Waals surface area contributed by atoms with E-state index in [1.807, 2.05) is 6.92 Å². The van der Waals surface area contributed by atoms with Gasteiger partial charge in [0.05, 0.1) is 10.5 Å². The van der Waals surface area contributed by atoms with Crippen LogP contribution < -0.4 is 9.64 Å². The number of ether oxygens (including phenoxy) is 2. The first-order chi connectivity index (χ1) is 16.7. The fraction of sp³-hybridized carbons (Fsp3) is 0.478. The molecule has 2 atom stereocenters. The van der Waals surface area contributed by atoms with Crippen LogP contribution in [0.4, 0.5) is 10.2 Å². The zero-order valence-corrected chi connectivity index (χ0v) is 20.5. The standard InChI is InChI=1S/C23H26FN5O5S/c1-13-21(25-12-26-22(13)33-19-7-6-17(10-18(19)24)35(3,30)31)29-15-4-5-16(29)9-14(8-15)23-27-20(11-32-2)28-34-23/h6-7,10,12,14-16H,4-5,8-9,11H2,1-3H3. The Morgan fingerprint density at radius 3 is 2.60 bits per heavy atom. The summed E-state index contributed by atoms with van der Waals surface area (Å²) in [5, 5.41) is 3.99. The van der Waals surface area contributed by atoms with Crippen LogP contribution >= 0.6 is 0 Å². The lowest BCUT2D eigenvalue weighted by molar-refractivity contribution is 0.174. The third-order valence-corrected chi connectivity index (χ3v) is 7.74. The fourth-order valence-corrected chi connectivity index (χ4v) is 5.67. The van der Waals surface area contributed by atoms with Gasteiger partial charge < -0.3 is 18.9 Å². The molecule has 12 heteroatoms. The minimum atomic E-state index is -3.53. The van der Waals surface area contributed by atoms with Crippen LogP contribution in [0.25, 0.3) is 0 Å². The lowest BCUT2D eigenvalue weighted by Crippen LogP contribution is -2.43. The van der Waals surface area contributed by atoms with E-state index in [0.29, 0.717) is 23.9 Å². The van der Waals surface area contributed by atoms with E-state index in [1.54, 1.807) is 7.11 Å². The molecule has 0 saturated carbocycles. The number of benzene rings is 1. The minimum Gasteiger partial charge on any atom is -0.435 e. The molecule has 3 aromatic rings. The molecule has 2 saturated heterocycles. The highest BCUT2D eigenvalue weighted by molar-refractivity contribution is 7.90. The minimum absolute atomic E-state index is 0.102. The predicted octanol–water partition coefficient (Wildman–Crippen LogP) is 3.56. The fourth-order valence-electron chi connectivity index (χ4n) is 5.03. The highest BCUT2D eigenvalue weighted by Gasteiger charge is 2.44. The van der Waals surface area contributed by atoms with Crippen molar-refractivity contribution in [2.75, 3.05) is 18.3 Å². The molecule has 0 radical (unpaired) electrons. The lowest BCUT2D eigenvalue weighted by Gasteiger charge is -2.39. The van der Waals surface area contributed by atoms with Gasteiger partial charge in [0.1, 0.15) is 18.8 Å². The largest absolute Gasteiger partial charge is 0.435 e. The summed E-state index contributed by atoms with van der Waals surface area (Å²) < 4.78 is 54.3. The van der Waals surface area contributed by atoms with E-state index in [2.05, 4.69) is 25.0 Å². The van der Waals surface area contributed by atoms with Crippen molar-refractivity contribution < 1.29 is 26.8 Å². The Bertz CT molecular complexity index is 1330. The molecule has 0 aliphatic carbocycles. The monoisotopic (exact) mass is 503 g/mol. The molecule has 0 N–H and O–H groups in total. The van der Waals surface area contributed by atoms with Crippen LogP contribution in [0.15, 0.2) is 33.9 Å². The second kappa shape index (κ2) is 9.15. The number of hydrogen-bond acceptors (Lipinski definition) is 10. The Morgan fingerprint density at radius 2 is 1.94 bits per heavy atom. The van der Waals surface area contributed by atoms with Gasteiger partial charge in [-0.05, 0) is 50.8 Å². The van der Waals surface area contributed by atoms with Crippen molar-refractivity contribution in [3.63, 3.8) is 0 Å². The molecule has 35 heavy (non-hydrogen) atoms. The Kier molecular flexibility index (Phi) is 6.18. The van der Waals surface area contributed by atoms with Crippen LogP contribution in [-0.2, 0) is 21.2 Å². The first-order valence-corrected chi connectivity index (χ1v) is 13.2. The number of piperidine rings is 1. The van der Waals surface area contributed by atoms with E-state index in [-0.39, 0.29) is 34.5 Å². The Balaban J connectivity index is 1.36. The maximum atomic E-state index is 14.6. The van der Waals surface area contributed by atoms with E-state index in [4.69, 9.17) is 14.0 Å². The van der Waals surface area contributed by atoms with E-state index >= 15 is 0 Å². The van der Waals surface area contributed by atoms with Crippen molar-refractivity contribution in [3.05, 3.63) is 47.6 Å². The van der Waals surface area contributed by atoms with Crippen molar-refractivity contribution in [2.24, 2.45) is 0 Å². The molecule has 2 aromatic heterocycles. The van der Waals surface area contributed by atoms with Crippen LogP contribution in [0.1, 0.15) is 48.9 Å². The summed E-state index contributed by atoms with van der Waals surface area (Å²) in [5.41, 5.74) is 0.689. The maximum Gasteiger partial charge on any atom is 0.230 e. The Hall–Kier alpha value is -3.12. The van der Waals surface area contributed by atoms with E-state index in [9.17, 15) is 12.8 Å². The molecular weight excluding hydrogens is 477 g/mol. The number of methoxy groups -OCH3 is 1. The number of halogens is 1. The van der Waals surface area contributed by atoms with Gasteiger partial charge in [-0.2, -0.15) is 4.98 Å². The molecule has 5 rings (SSSR count). The van der Waals surface area contributed by atoms with Crippen LogP contribution in [0.3, 0.4) is 0 Å². The van der Waals surface area contributed by atoms with Gasteiger partial charge in [0, 0.05) is 31.4 Å². The van der Waals surface area contributed by atoms with Crippen LogP contribution in [-0.4, -0.2) is 54.0 Å². The van der Waals surface area contributed by atoms with Gasteiger partial charge >= 0.3 is 0 Å². The summed E-state index contributed by atoms with van der Waals surface area (Å²) in [6.07, 6.45) is 6.17. The lowest BCUT2D eigenvalue weighted by atomic mass is 9.90. The van der Waals surface area contributed by atoms with Crippen molar-refractivity contribution in [3.8, 4) is 11.6 Å². The van der Waals surface area contributed by atoms with Gasteiger partial charge in [0.2, 0.25) is 11.8 Å². The topological polar surface area (TPSA) is 121 Å². The number of sulfone groups is 1. The van der Waals surface area contributed by atoms with Crippen LogP contribution in [0, 0.1) is 12.7 Å². The Labute approximate surface area is 202 Å². The van der Waals surface area contributed by atoms with Gasteiger partial charge in [0.15, 0.2) is 27.2 Å². The van der Waals surface area contributed by atoms with Crippen molar-refractivity contribution in [2.45, 2.75) is 62.1 Å². The number of hydrogen-bond donors (Lipinski definition) is 0. The molecule has 1 aromatic carbocycles. The number of rotatable bonds is 7. The number of anilines is 1. The van der Waals surface area contributed by atoms with Crippen LogP contribution in [0.5, 0.6) is 11.6 Å². The normalized spacial score (nSPS) is 21.9. The van der Waals surface area contributed by atoms with Gasteiger partial charge in [-0.3, -0.25) is 0 Å². The highest BCUT2D eigenvalue weighted by atomic mass is 32.2. The highest BCUT2D eigenvalue weighted by Crippen LogP contribution is 2.46. The third-order valence-electron chi connectivity index (χ3n) is 6.63. The molecular formula is C23H26FN5O5S. The summed E-state index contributed by atoms with van der Waals surface area (Å²) in [5.74, 6) is 1.45. The number of fused-ring (bicyclic) bond motifs is 2. The molecule has 2 bridgehead atoms.